The van der Waals surface area contributed by atoms with Gasteiger partial charge in [-0.05, 0) is 24.0 Å². The number of amides is 1. The molecule has 5 nitrogen and oxygen atoms in total. The Balaban J connectivity index is 2.06. The van der Waals surface area contributed by atoms with Crippen molar-refractivity contribution in [3.63, 3.8) is 0 Å². The molecule has 0 aliphatic carbocycles. The van der Waals surface area contributed by atoms with Gasteiger partial charge >= 0.3 is 0 Å². The largest absolute Gasteiger partial charge is 0.379 e. The van der Waals surface area contributed by atoms with Crippen molar-refractivity contribution in [3.8, 4) is 0 Å². The molecule has 1 aromatic rings. The van der Waals surface area contributed by atoms with Gasteiger partial charge in [0.2, 0.25) is 5.91 Å². The van der Waals surface area contributed by atoms with E-state index in [4.69, 9.17) is 22.1 Å². The minimum absolute atomic E-state index is 0.0257. The first kappa shape index (κ1) is 19.2. The standard InChI is InChI=1S/C18H28ClN3O2/c1-13(2)11-16(20)18(23)21-12-17(22-7-9-24-10-8-22)14-5-3-4-6-15(14)19/h3-6,13,16-17H,7-12,20H2,1-2H3,(H,21,23)/t16-,17?/m0/s1. The molecule has 1 heterocycles. The quantitative estimate of drug-likeness (QED) is 0.788. The topological polar surface area (TPSA) is 67.6 Å². The molecule has 2 rings (SSSR count). The van der Waals surface area contributed by atoms with Gasteiger partial charge in [0.15, 0.2) is 0 Å². The Labute approximate surface area is 149 Å². The fourth-order valence-electron chi connectivity index (χ4n) is 3.01. The monoisotopic (exact) mass is 353 g/mol. The van der Waals surface area contributed by atoms with Gasteiger partial charge in [-0.15, -0.1) is 0 Å². The summed E-state index contributed by atoms with van der Waals surface area (Å²) in [5.74, 6) is 0.290. The second-order valence-electron chi connectivity index (χ2n) is 6.67. The third-order valence-electron chi connectivity index (χ3n) is 4.28. The van der Waals surface area contributed by atoms with E-state index in [0.29, 0.717) is 32.1 Å². The Morgan fingerprint density at radius 3 is 2.62 bits per heavy atom. The van der Waals surface area contributed by atoms with Crippen molar-refractivity contribution in [1.29, 1.82) is 0 Å². The second-order valence-corrected chi connectivity index (χ2v) is 7.07. The average Bonchev–Trinajstić information content (AvgIpc) is 2.56. The zero-order valence-corrected chi connectivity index (χ0v) is 15.3. The zero-order valence-electron chi connectivity index (χ0n) is 14.5. The van der Waals surface area contributed by atoms with Gasteiger partial charge in [-0.2, -0.15) is 0 Å². The summed E-state index contributed by atoms with van der Waals surface area (Å²) in [6.07, 6.45) is 0.681. The molecule has 1 aromatic carbocycles. The lowest BCUT2D eigenvalue weighted by Crippen LogP contribution is -2.47. The minimum atomic E-state index is -0.471. The number of morpholine rings is 1. The summed E-state index contributed by atoms with van der Waals surface area (Å²) in [6.45, 7) is 7.66. The zero-order chi connectivity index (χ0) is 17.5. The maximum absolute atomic E-state index is 12.3. The molecular weight excluding hydrogens is 326 g/mol. The van der Waals surface area contributed by atoms with Crippen LogP contribution in [0.5, 0.6) is 0 Å². The van der Waals surface area contributed by atoms with Crippen LogP contribution >= 0.6 is 11.6 Å². The molecule has 0 saturated carbocycles. The molecular formula is C18H28ClN3O2. The molecule has 1 unspecified atom stereocenters. The van der Waals surface area contributed by atoms with Crippen molar-refractivity contribution >= 4 is 17.5 Å². The van der Waals surface area contributed by atoms with Gasteiger partial charge in [-0.1, -0.05) is 43.6 Å². The van der Waals surface area contributed by atoms with Gasteiger partial charge in [0.25, 0.3) is 0 Å². The number of nitrogens with two attached hydrogens (primary N) is 1. The number of rotatable bonds is 7. The van der Waals surface area contributed by atoms with Crippen molar-refractivity contribution in [2.75, 3.05) is 32.8 Å². The number of halogens is 1. The third kappa shape index (κ3) is 5.45. The molecule has 1 fully saturated rings. The first-order chi connectivity index (χ1) is 11.5. The van der Waals surface area contributed by atoms with Crippen molar-refractivity contribution < 1.29 is 9.53 Å². The van der Waals surface area contributed by atoms with Gasteiger partial charge in [-0.3, -0.25) is 9.69 Å². The summed E-state index contributed by atoms with van der Waals surface area (Å²) in [5, 5.41) is 3.72. The highest BCUT2D eigenvalue weighted by Crippen LogP contribution is 2.27. The molecule has 6 heteroatoms. The molecule has 0 bridgehead atoms. The number of benzene rings is 1. The summed E-state index contributed by atoms with van der Waals surface area (Å²) in [5.41, 5.74) is 7.01. The van der Waals surface area contributed by atoms with Crippen LogP contribution in [0.15, 0.2) is 24.3 Å². The van der Waals surface area contributed by atoms with E-state index in [0.717, 1.165) is 23.7 Å². The summed E-state index contributed by atoms with van der Waals surface area (Å²) < 4.78 is 5.44. The van der Waals surface area contributed by atoms with Crippen LogP contribution in [0, 0.1) is 5.92 Å². The number of carbonyl (C=O) groups excluding carboxylic acids is 1. The number of nitrogens with zero attached hydrogens (tertiary/aromatic N) is 1. The third-order valence-corrected chi connectivity index (χ3v) is 4.63. The second kappa shape index (κ2) is 9.37. The van der Waals surface area contributed by atoms with Gasteiger partial charge < -0.3 is 15.8 Å². The van der Waals surface area contributed by atoms with Crippen LogP contribution in [0.3, 0.4) is 0 Å². The molecule has 0 spiro atoms. The summed E-state index contributed by atoms with van der Waals surface area (Å²) in [4.78, 5) is 14.6. The van der Waals surface area contributed by atoms with Crippen LogP contribution in [0.4, 0.5) is 0 Å². The normalized spacial score (nSPS) is 18.4. The molecule has 1 saturated heterocycles. The molecule has 24 heavy (non-hydrogen) atoms. The molecule has 1 amide bonds. The number of carbonyl (C=O) groups is 1. The average molecular weight is 354 g/mol. The summed E-state index contributed by atoms with van der Waals surface area (Å²) in [6, 6.07) is 7.35. The molecule has 1 aliphatic heterocycles. The molecule has 3 N–H and O–H groups in total. The van der Waals surface area contributed by atoms with E-state index in [2.05, 4.69) is 24.1 Å². The molecule has 2 atom stereocenters. The Hall–Kier alpha value is -1.14. The van der Waals surface area contributed by atoms with Crippen LogP contribution < -0.4 is 11.1 Å². The van der Waals surface area contributed by atoms with E-state index in [1.165, 1.54) is 0 Å². The number of hydrogen-bond donors (Lipinski definition) is 2. The van der Waals surface area contributed by atoms with E-state index in [-0.39, 0.29) is 11.9 Å². The van der Waals surface area contributed by atoms with Gasteiger partial charge in [0.05, 0.1) is 25.3 Å². The SMILES string of the molecule is CC(C)C[C@H](N)C(=O)NCC(c1ccccc1Cl)N1CCOCC1. The number of nitrogens with one attached hydrogen (secondary N) is 1. The van der Waals surface area contributed by atoms with E-state index in [9.17, 15) is 4.79 Å². The van der Waals surface area contributed by atoms with Crippen molar-refractivity contribution in [1.82, 2.24) is 10.2 Å². The van der Waals surface area contributed by atoms with Crippen LogP contribution in [0.1, 0.15) is 31.9 Å². The number of hydrogen-bond acceptors (Lipinski definition) is 4. The van der Waals surface area contributed by atoms with Crippen molar-refractivity contribution in [3.05, 3.63) is 34.9 Å². The van der Waals surface area contributed by atoms with E-state index in [1.807, 2.05) is 24.3 Å². The Morgan fingerprint density at radius 2 is 2.00 bits per heavy atom. The van der Waals surface area contributed by atoms with Crippen molar-refractivity contribution in [2.45, 2.75) is 32.4 Å². The molecule has 1 aliphatic rings. The maximum Gasteiger partial charge on any atom is 0.236 e. The highest BCUT2D eigenvalue weighted by Gasteiger charge is 2.25. The van der Waals surface area contributed by atoms with Crippen LogP contribution in [-0.4, -0.2) is 49.7 Å². The summed E-state index contributed by atoms with van der Waals surface area (Å²) in [7, 11) is 0. The first-order valence-corrected chi connectivity index (χ1v) is 8.96. The Morgan fingerprint density at radius 1 is 1.33 bits per heavy atom. The lowest BCUT2D eigenvalue weighted by molar-refractivity contribution is -0.123. The molecule has 0 aromatic heterocycles. The Kier molecular flexibility index (Phi) is 7.49. The smallest absolute Gasteiger partial charge is 0.236 e. The van der Waals surface area contributed by atoms with Crippen LogP contribution in [-0.2, 0) is 9.53 Å². The van der Waals surface area contributed by atoms with Crippen LogP contribution in [0.25, 0.3) is 0 Å². The van der Waals surface area contributed by atoms with E-state index in [1.54, 1.807) is 0 Å². The fourth-order valence-corrected chi connectivity index (χ4v) is 3.28. The highest BCUT2D eigenvalue weighted by atomic mass is 35.5. The fraction of sp³-hybridized carbons (Fsp3) is 0.611. The van der Waals surface area contributed by atoms with Crippen molar-refractivity contribution in [2.24, 2.45) is 11.7 Å². The summed E-state index contributed by atoms with van der Waals surface area (Å²) >= 11 is 6.39. The number of ether oxygens (including phenoxy) is 1. The maximum atomic E-state index is 12.3. The predicted molar refractivity (Wildman–Crippen MR) is 97.0 cm³/mol. The minimum Gasteiger partial charge on any atom is -0.379 e. The van der Waals surface area contributed by atoms with E-state index >= 15 is 0 Å². The Bertz CT molecular complexity index is 533. The lowest BCUT2D eigenvalue weighted by atomic mass is 10.0. The molecule has 0 radical (unpaired) electrons. The van der Waals surface area contributed by atoms with Gasteiger partial charge in [0, 0.05) is 24.7 Å². The van der Waals surface area contributed by atoms with Gasteiger partial charge in [-0.25, -0.2) is 0 Å². The lowest BCUT2D eigenvalue weighted by Gasteiger charge is -2.35. The van der Waals surface area contributed by atoms with Gasteiger partial charge in [0.1, 0.15) is 0 Å². The van der Waals surface area contributed by atoms with E-state index < -0.39 is 6.04 Å². The van der Waals surface area contributed by atoms with Crippen LogP contribution in [0.2, 0.25) is 5.02 Å². The predicted octanol–water partition coefficient (Wildman–Crippen LogP) is 2.20. The highest BCUT2D eigenvalue weighted by molar-refractivity contribution is 6.31. The molecule has 134 valence electrons. The first-order valence-electron chi connectivity index (χ1n) is 8.58.